The number of nitrogens with zero attached hydrogens (tertiary/aromatic N) is 2. The molecule has 0 aliphatic carbocycles. The van der Waals surface area contributed by atoms with Crippen LogP contribution in [0.5, 0.6) is 0 Å². The minimum absolute atomic E-state index is 0.0616. The molecule has 0 spiro atoms. The van der Waals surface area contributed by atoms with Gasteiger partial charge in [0.15, 0.2) is 5.82 Å². The second kappa shape index (κ2) is 6.67. The summed E-state index contributed by atoms with van der Waals surface area (Å²) < 4.78 is 23.6. The summed E-state index contributed by atoms with van der Waals surface area (Å²) >= 11 is 0. The molecule has 0 radical (unpaired) electrons. The van der Waals surface area contributed by atoms with Crippen LogP contribution in [-0.2, 0) is 10.0 Å². The number of carbonyl (C=O) groups excluding carboxylic acids is 1. The molecule has 0 aliphatic heterocycles. The van der Waals surface area contributed by atoms with Crippen molar-refractivity contribution in [3.63, 3.8) is 0 Å². The summed E-state index contributed by atoms with van der Waals surface area (Å²) in [5.41, 5.74) is 3.05. The summed E-state index contributed by atoms with van der Waals surface area (Å²) in [6.07, 6.45) is 0. The van der Waals surface area contributed by atoms with Gasteiger partial charge in [-0.15, -0.1) is 0 Å². The second-order valence-electron chi connectivity index (χ2n) is 6.58. The van der Waals surface area contributed by atoms with Gasteiger partial charge in [0.25, 0.3) is 5.91 Å². The summed E-state index contributed by atoms with van der Waals surface area (Å²) in [5.74, 6) is -0.0976. The van der Waals surface area contributed by atoms with Crippen molar-refractivity contribution in [3.8, 4) is 0 Å². The first kappa shape index (κ1) is 18.9. The highest BCUT2D eigenvalue weighted by atomic mass is 32.2. The molecule has 1 heterocycles. The van der Waals surface area contributed by atoms with Gasteiger partial charge in [-0.25, -0.2) is 13.6 Å². The number of sulfonamides is 1. The molecule has 2 aromatic carbocycles. The Kier molecular flexibility index (Phi) is 4.66. The number of hydrogen-bond acceptors (Lipinski definition) is 5. The Morgan fingerprint density at radius 1 is 1.22 bits per heavy atom. The van der Waals surface area contributed by atoms with Crippen molar-refractivity contribution < 1.29 is 13.2 Å². The van der Waals surface area contributed by atoms with Crippen molar-refractivity contribution in [2.45, 2.75) is 18.7 Å². The first-order valence-electron chi connectivity index (χ1n) is 8.19. The molecule has 1 aromatic heterocycles. The summed E-state index contributed by atoms with van der Waals surface area (Å²) in [6, 6.07) is 8.58. The van der Waals surface area contributed by atoms with E-state index in [0.29, 0.717) is 16.9 Å². The number of hydrogen-bond donors (Lipinski definition) is 3. The van der Waals surface area contributed by atoms with Gasteiger partial charge < -0.3 is 10.2 Å². The Morgan fingerprint density at radius 3 is 2.56 bits per heavy atom. The number of aromatic nitrogens is 2. The van der Waals surface area contributed by atoms with Crippen LogP contribution in [0.4, 0.5) is 11.5 Å². The fraction of sp³-hybridized carbons (Fsp3) is 0.222. The van der Waals surface area contributed by atoms with Gasteiger partial charge in [0, 0.05) is 25.3 Å². The van der Waals surface area contributed by atoms with E-state index in [4.69, 9.17) is 5.14 Å². The highest BCUT2D eigenvalue weighted by molar-refractivity contribution is 7.89. The lowest BCUT2D eigenvalue weighted by Gasteiger charge is -2.14. The van der Waals surface area contributed by atoms with Crippen LogP contribution in [0.25, 0.3) is 10.9 Å². The largest absolute Gasteiger partial charge is 0.377 e. The summed E-state index contributed by atoms with van der Waals surface area (Å²) in [7, 11) is -0.139. The average Bonchev–Trinajstić information content (AvgIpc) is 2.99. The monoisotopic (exact) mass is 387 g/mol. The SMILES string of the molecule is Cc1cc(C(=O)Nc2n[nH]c3cccc(N(C)C)c23)cc(S(N)(=O)=O)c1C. The minimum atomic E-state index is -3.94. The van der Waals surface area contributed by atoms with Crippen molar-refractivity contribution >= 4 is 38.3 Å². The van der Waals surface area contributed by atoms with E-state index in [0.717, 1.165) is 16.6 Å². The van der Waals surface area contributed by atoms with Crippen LogP contribution >= 0.6 is 0 Å². The lowest BCUT2D eigenvalue weighted by atomic mass is 10.1. The van der Waals surface area contributed by atoms with Crippen LogP contribution in [-0.4, -0.2) is 38.6 Å². The number of carbonyl (C=O) groups is 1. The number of nitrogens with one attached hydrogen (secondary N) is 2. The first-order chi connectivity index (χ1) is 12.6. The van der Waals surface area contributed by atoms with E-state index in [1.54, 1.807) is 19.9 Å². The van der Waals surface area contributed by atoms with Gasteiger partial charge in [0.05, 0.1) is 15.8 Å². The molecule has 0 fully saturated rings. The molecule has 0 unspecified atom stereocenters. The lowest BCUT2D eigenvalue weighted by molar-refractivity contribution is 0.102. The topological polar surface area (TPSA) is 121 Å². The van der Waals surface area contributed by atoms with Crippen LogP contribution in [0.1, 0.15) is 21.5 Å². The van der Waals surface area contributed by atoms with Crippen molar-refractivity contribution in [3.05, 3.63) is 47.0 Å². The molecule has 8 nitrogen and oxygen atoms in total. The summed E-state index contributed by atoms with van der Waals surface area (Å²) in [4.78, 5) is 14.6. The smallest absolute Gasteiger partial charge is 0.256 e. The molecule has 0 atom stereocenters. The fourth-order valence-corrected chi connectivity index (χ4v) is 3.83. The van der Waals surface area contributed by atoms with Gasteiger partial charge in [-0.1, -0.05) is 6.07 Å². The number of rotatable bonds is 4. The molecule has 142 valence electrons. The van der Waals surface area contributed by atoms with E-state index in [1.165, 1.54) is 6.07 Å². The Hall–Kier alpha value is -2.91. The Labute approximate surface area is 157 Å². The molecule has 3 aromatic rings. The number of amides is 1. The third-order valence-electron chi connectivity index (χ3n) is 4.47. The van der Waals surface area contributed by atoms with Crippen molar-refractivity contribution in [1.82, 2.24) is 10.2 Å². The van der Waals surface area contributed by atoms with E-state index >= 15 is 0 Å². The van der Waals surface area contributed by atoms with Crippen molar-refractivity contribution in [1.29, 1.82) is 0 Å². The number of fused-ring (bicyclic) bond motifs is 1. The molecule has 4 N–H and O–H groups in total. The molecular formula is C18H21N5O3S. The summed E-state index contributed by atoms with van der Waals surface area (Å²) in [6.45, 7) is 3.39. The summed E-state index contributed by atoms with van der Waals surface area (Å²) in [5, 5.41) is 15.9. The standard InChI is InChI=1S/C18H21N5O3S/c1-10-8-12(9-15(11(10)2)27(19,25)26)18(24)20-17-16-13(21-22-17)6-5-7-14(16)23(3)4/h5-9H,1-4H3,(H2,19,25,26)(H2,20,21,22,24). The van der Waals surface area contributed by atoms with E-state index in [2.05, 4.69) is 15.5 Å². The number of benzene rings is 2. The molecule has 0 aliphatic rings. The van der Waals surface area contributed by atoms with Gasteiger partial charge in [-0.05, 0) is 49.2 Å². The number of primary sulfonamides is 1. The van der Waals surface area contributed by atoms with Crippen molar-refractivity contribution in [2.75, 3.05) is 24.3 Å². The minimum Gasteiger partial charge on any atom is -0.377 e. The van der Waals surface area contributed by atoms with Crippen LogP contribution in [0.2, 0.25) is 0 Å². The molecule has 0 bridgehead atoms. The van der Waals surface area contributed by atoms with Crippen LogP contribution in [0, 0.1) is 13.8 Å². The molecule has 3 rings (SSSR count). The molecule has 0 saturated carbocycles. The van der Waals surface area contributed by atoms with Gasteiger partial charge in [-0.2, -0.15) is 5.10 Å². The quantitative estimate of drug-likeness (QED) is 0.633. The Bertz CT molecular complexity index is 1150. The lowest BCUT2D eigenvalue weighted by Crippen LogP contribution is -2.18. The Balaban J connectivity index is 2.05. The maximum Gasteiger partial charge on any atom is 0.256 e. The first-order valence-corrected chi connectivity index (χ1v) is 9.74. The molecule has 9 heteroatoms. The maximum absolute atomic E-state index is 12.8. The van der Waals surface area contributed by atoms with Crippen LogP contribution in [0.15, 0.2) is 35.2 Å². The average molecular weight is 387 g/mol. The molecular weight excluding hydrogens is 366 g/mol. The van der Waals surface area contributed by atoms with Crippen LogP contribution in [0.3, 0.4) is 0 Å². The molecule has 0 saturated heterocycles. The number of nitrogens with two attached hydrogens (primary N) is 1. The van der Waals surface area contributed by atoms with E-state index in [9.17, 15) is 13.2 Å². The third kappa shape index (κ3) is 3.51. The fourth-order valence-electron chi connectivity index (χ4n) is 2.95. The normalized spacial score (nSPS) is 11.6. The van der Waals surface area contributed by atoms with Gasteiger partial charge >= 0.3 is 0 Å². The third-order valence-corrected chi connectivity index (χ3v) is 5.51. The van der Waals surface area contributed by atoms with Gasteiger partial charge in [0.2, 0.25) is 10.0 Å². The molecule has 1 amide bonds. The second-order valence-corrected chi connectivity index (χ2v) is 8.11. The number of aromatic amines is 1. The predicted octanol–water partition coefficient (Wildman–Crippen LogP) is 2.15. The molecule has 27 heavy (non-hydrogen) atoms. The Morgan fingerprint density at radius 2 is 1.93 bits per heavy atom. The highest BCUT2D eigenvalue weighted by Gasteiger charge is 2.19. The van der Waals surface area contributed by atoms with E-state index < -0.39 is 15.9 Å². The maximum atomic E-state index is 12.8. The van der Waals surface area contributed by atoms with E-state index in [-0.39, 0.29) is 10.5 Å². The van der Waals surface area contributed by atoms with Crippen LogP contribution < -0.4 is 15.4 Å². The number of H-pyrrole nitrogens is 1. The number of aryl methyl sites for hydroxylation is 1. The van der Waals surface area contributed by atoms with Gasteiger partial charge in [-0.3, -0.25) is 9.89 Å². The zero-order valence-electron chi connectivity index (χ0n) is 15.5. The zero-order valence-corrected chi connectivity index (χ0v) is 16.3. The zero-order chi connectivity index (χ0) is 19.9. The van der Waals surface area contributed by atoms with E-state index in [1.807, 2.05) is 37.2 Å². The number of anilines is 2. The predicted molar refractivity (Wildman–Crippen MR) is 106 cm³/mol. The van der Waals surface area contributed by atoms with Crippen molar-refractivity contribution in [2.24, 2.45) is 5.14 Å². The highest BCUT2D eigenvalue weighted by Crippen LogP contribution is 2.30. The van der Waals surface area contributed by atoms with Gasteiger partial charge in [0.1, 0.15) is 0 Å².